The molecule has 2 aromatic rings. The zero-order valence-corrected chi connectivity index (χ0v) is 21.7. The fourth-order valence-corrected chi connectivity index (χ4v) is 4.26. The molecule has 1 amide bonds. The number of hydrogen-bond acceptors (Lipinski definition) is 8. The van der Waals surface area contributed by atoms with Crippen LogP contribution in [0.5, 0.6) is 5.75 Å². The highest BCUT2D eigenvalue weighted by Crippen LogP contribution is 2.18. The van der Waals surface area contributed by atoms with Crippen LogP contribution in [0, 0.1) is 6.92 Å². The summed E-state index contributed by atoms with van der Waals surface area (Å²) < 4.78 is 8.76. The van der Waals surface area contributed by atoms with Crippen LogP contribution in [-0.2, 0) is 6.54 Å². The number of carbonyl (C=O) groups is 1. The second kappa shape index (κ2) is 16.0. The molecule has 1 fully saturated rings. The number of pyridine rings is 1. The van der Waals surface area contributed by atoms with E-state index in [2.05, 4.69) is 31.8 Å². The smallest absolute Gasteiger partial charge is 0.270 e. The standard InChI is InChI=1S/C18H23N5O3.C7H15NS/c1-12-8-14(17(19)23-20-2)10-16(22-12)18(25)21-11-13-4-3-5-15(9-13)26-7-6-24;1-9-8-7-5-3-2-4-6-7/h3-5,8-10,20,24H,6-7,11H2,1-2H3,(H2,19,23)(H,21,25);7-8H,2-6H2,1H3. The maximum absolute atomic E-state index is 12.4. The van der Waals surface area contributed by atoms with Crippen LogP contribution in [0.4, 0.5) is 0 Å². The lowest BCUT2D eigenvalue weighted by Crippen LogP contribution is -2.25. The van der Waals surface area contributed by atoms with Crippen molar-refractivity contribution in [1.29, 1.82) is 0 Å². The number of benzene rings is 1. The molecule has 35 heavy (non-hydrogen) atoms. The van der Waals surface area contributed by atoms with Crippen molar-refractivity contribution in [1.82, 2.24) is 20.4 Å². The number of hydrogen-bond donors (Lipinski definition) is 5. The zero-order valence-electron chi connectivity index (χ0n) is 20.8. The largest absolute Gasteiger partial charge is 0.491 e. The summed E-state index contributed by atoms with van der Waals surface area (Å²) in [5.74, 6) is 0.604. The number of aryl methyl sites for hydroxylation is 1. The summed E-state index contributed by atoms with van der Waals surface area (Å²) in [6, 6.07) is 11.5. The lowest BCUT2D eigenvalue weighted by molar-refractivity contribution is 0.0945. The van der Waals surface area contributed by atoms with Crippen LogP contribution in [-0.4, -0.2) is 54.4 Å². The first-order valence-electron chi connectivity index (χ1n) is 11.8. The lowest BCUT2D eigenvalue weighted by atomic mass is 9.96. The van der Waals surface area contributed by atoms with Crippen molar-refractivity contribution in [2.75, 3.05) is 26.5 Å². The number of aromatic nitrogens is 1. The number of nitrogens with one attached hydrogen (secondary N) is 3. The highest BCUT2D eigenvalue weighted by molar-refractivity contribution is 7.96. The van der Waals surface area contributed by atoms with Crippen molar-refractivity contribution in [3.63, 3.8) is 0 Å². The van der Waals surface area contributed by atoms with Crippen molar-refractivity contribution < 1.29 is 14.6 Å². The van der Waals surface area contributed by atoms with E-state index in [9.17, 15) is 4.79 Å². The maximum atomic E-state index is 12.4. The fraction of sp³-hybridized carbons (Fsp3) is 0.480. The number of ether oxygens (including phenoxy) is 1. The topological polar surface area (TPSA) is 134 Å². The van der Waals surface area contributed by atoms with Crippen LogP contribution >= 0.6 is 11.9 Å². The summed E-state index contributed by atoms with van der Waals surface area (Å²) in [6.45, 7) is 2.28. The third-order valence-corrected chi connectivity index (χ3v) is 5.88. The van der Waals surface area contributed by atoms with Crippen LogP contribution in [0.3, 0.4) is 0 Å². The van der Waals surface area contributed by atoms with Gasteiger partial charge in [0.25, 0.3) is 5.91 Å². The summed E-state index contributed by atoms with van der Waals surface area (Å²) >= 11 is 1.76. The third-order valence-electron chi connectivity index (χ3n) is 5.32. The van der Waals surface area contributed by atoms with Crippen LogP contribution in [0.2, 0.25) is 0 Å². The number of aliphatic hydroxyl groups excluding tert-OH is 1. The van der Waals surface area contributed by atoms with E-state index >= 15 is 0 Å². The lowest BCUT2D eigenvalue weighted by Gasteiger charge is -2.20. The first kappa shape index (κ1) is 28.4. The Morgan fingerprint density at radius 3 is 2.71 bits per heavy atom. The van der Waals surface area contributed by atoms with Crippen molar-refractivity contribution in [3.8, 4) is 5.75 Å². The minimum atomic E-state index is -0.311. The number of carbonyl (C=O) groups excluding carboxylic acids is 1. The number of hydrazone groups is 1. The number of amidine groups is 1. The van der Waals surface area contributed by atoms with Gasteiger partial charge in [0, 0.05) is 30.9 Å². The summed E-state index contributed by atoms with van der Waals surface area (Å²) in [5.41, 5.74) is 10.9. The van der Waals surface area contributed by atoms with Gasteiger partial charge in [0.1, 0.15) is 18.1 Å². The molecule has 0 bridgehead atoms. The van der Waals surface area contributed by atoms with E-state index in [0.717, 1.165) is 11.6 Å². The third kappa shape index (κ3) is 10.5. The van der Waals surface area contributed by atoms with E-state index in [-0.39, 0.29) is 30.7 Å². The molecule has 1 aromatic heterocycles. The second-order valence-electron chi connectivity index (χ2n) is 8.16. The SMILES string of the molecule is CN/N=C(\N)c1cc(C)nc(C(=O)NCc2cccc(OCCO)c2)c1.CSNC1CCCCC1. The second-order valence-corrected chi connectivity index (χ2v) is 8.81. The molecule has 0 spiro atoms. The molecule has 0 atom stereocenters. The Labute approximate surface area is 212 Å². The van der Waals surface area contributed by atoms with Crippen LogP contribution in [0.1, 0.15) is 59.4 Å². The average Bonchev–Trinajstić information content (AvgIpc) is 2.87. The van der Waals surface area contributed by atoms with Crippen molar-refractivity contribution in [2.24, 2.45) is 10.8 Å². The first-order valence-corrected chi connectivity index (χ1v) is 13.1. The van der Waals surface area contributed by atoms with Gasteiger partial charge in [-0.3, -0.25) is 9.52 Å². The van der Waals surface area contributed by atoms with Crippen LogP contribution in [0.15, 0.2) is 41.5 Å². The molecular weight excluding hydrogens is 464 g/mol. The molecule has 1 aliphatic rings. The van der Waals surface area contributed by atoms with Crippen LogP contribution < -0.4 is 25.9 Å². The predicted molar refractivity (Wildman–Crippen MR) is 142 cm³/mol. The summed E-state index contributed by atoms with van der Waals surface area (Å²) in [4.78, 5) is 16.7. The normalized spacial score (nSPS) is 14.0. The van der Waals surface area contributed by atoms with Gasteiger partial charge in [0.05, 0.1) is 6.61 Å². The number of amides is 1. The molecule has 6 N–H and O–H groups in total. The predicted octanol–water partition coefficient (Wildman–Crippen LogP) is 2.72. The molecule has 1 saturated carbocycles. The maximum Gasteiger partial charge on any atom is 0.270 e. The zero-order chi connectivity index (χ0) is 25.5. The molecule has 0 saturated heterocycles. The van der Waals surface area contributed by atoms with Gasteiger partial charge in [-0.15, -0.1) is 0 Å². The molecule has 192 valence electrons. The Bertz CT molecular complexity index is 948. The molecule has 0 aliphatic heterocycles. The number of nitrogens with zero attached hydrogens (tertiary/aromatic N) is 2. The molecule has 1 aromatic carbocycles. The monoisotopic (exact) mass is 502 g/mol. The van der Waals surface area contributed by atoms with Gasteiger partial charge in [-0.2, -0.15) is 5.10 Å². The molecule has 3 rings (SSSR count). The van der Waals surface area contributed by atoms with E-state index in [1.807, 2.05) is 18.2 Å². The van der Waals surface area contributed by atoms with E-state index in [1.54, 1.807) is 44.1 Å². The van der Waals surface area contributed by atoms with Gasteiger partial charge in [-0.05, 0) is 55.9 Å². The highest BCUT2D eigenvalue weighted by Gasteiger charge is 2.12. The van der Waals surface area contributed by atoms with Crippen molar-refractivity contribution in [2.45, 2.75) is 51.6 Å². The molecule has 1 heterocycles. The van der Waals surface area contributed by atoms with Gasteiger partial charge in [0.2, 0.25) is 0 Å². The summed E-state index contributed by atoms with van der Waals surface area (Å²) in [5, 5.41) is 15.5. The van der Waals surface area contributed by atoms with E-state index in [4.69, 9.17) is 15.6 Å². The minimum absolute atomic E-state index is 0.0533. The summed E-state index contributed by atoms with van der Waals surface area (Å²) in [7, 11) is 1.65. The number of nitrogens with two attached hydrogens (primary N) is 1. The Morgan fingerprint density at radius 1 is 1.26 bits per heavy atom. The van der Waals surface area contributed by atoms with Gasteiger partial charge >= 0.3 is 0 Å². The van der Waals surface area contributed by atoms with Gasteiger partial charge in [-0.25, -0.2) is 4.98 Å². The Hall–Kier alpha value is -2.82. The van der Waals surface area contributed by atoms with E-state index in [0.29, 0.717) is 23.6 Å². The Balaban J connectivity index is 0.000000402. The molecule has 0 radical (unpaired) electrons. The number of aliphatic hydroxyl groups is 1. The van der Waals surface area contributed by atoms with Crippen molar-refractivity contribution in [3.05, 3.63) is 58.9 Å². The highest BCUT2D eigenvalue weighted by atomic mass is 32.2. The molecule has 10 heteroatoms. The molecule has 1 aliphatic carbocycles. The fourth-order valence-electron chi connectivity index (χ4n) is 3.69. The van der Waals surface area contributed by atoms with E-state index in [1.165, 1.54) is 32.1 Å². The molecule has 0 unspecified atom stereocenters. The van der Waals surface area contributed by atoms with Gasteiger partial charge in [-0.1, -0.05) is 43.3 Å². The first-order chi connectivity index (χ1) is 17.0. The van der Waals surface area contributed by atoms with Gasteiger partial charge in [0.15, 0.2) is 5.84 Å². The van der Waals surface area contributed by atoms with Gasteiger partial charge < -0.3 is 26.3 Å². The quantitative estimate of drug-likeness (QED) is 0.145. The van der Waals surface area contributed by atoms with Crippen LogP contribution in [0.25, 0.3) is 0 Å². The Kier molecular flexibility index (Phi) is 13.0. The average molecular weight is 503 g/mol. The summed E-state index contributed by atoms with van der Waals surface area (Å²) in [6.07, 6.45) is 9.19. The molecule has 9 nitrogen and oxygen atoms in total. The van der Waals surface area contributed by atoms with Crippen molar-refractivity contribution >= 4 is 23.7 Å². The number of rotatable bonds is 10. The molecular formula is C25H38N6O3S. The van der Waals surface area contributed by atoms with E-state index < -0.39 is 0 Å². The minimum Gasteiger partial charge on any atom is -0.491 e. The Morgan fingerprint density at radius 2 is 2.03 bits per heavy atom.